The van der Waals surface area contributed by atoms with Gasteiger partial charge in [0.05, 0.1) is 25.3 Å². The Labute approximate surface area is 185 Å². The molecule has 0 radical (unpaired) electrons. The lowest BCUT2D eigenvalue weighted by atomic mass is 10.2. The highest BCUT2D eigenvalue weighted by atomic mass is 32.2. The zero-order valence-electron chi connectivity index (χ0n) is 17.3. The van der Waals surface area contributed by atoms with Crippen LogP contribution in [0.15, 0.2) is 69.9 Å². The predicted octanol–water partition coefficient (Wildman–Crippen LogP) is 3.22. The molecule has 0 saturated carbocycles. The fourth-order valence-electron chi connectivity index (χ4n) is 2.90. The third kappa shape index (κ3) is 4.70. The number of fused-ring (bicyclic) bond motifs is 1. The summed E-state index contributed by atoms with van der Waals surface area (Å²) in [6.45, 7) is 7.25. The van der Waals surface area contributed by atoms with Gasteiger partial charge in [0, 0.05) is 18.4 Å². The summed E-state index contributed by atoms with van der Waals surface area (Å²) in [5, 5.41) is -0.615. The standard InChI is InChI=1S/C21H22N2O5S3/c1-5-11-23-18-10-9-16(30(4,25)26)13-19(18)29-21(23)22-20(24)15-7-6-8-17(12-15)31(27,28)14(2)3/h5-10,12-14H,1,11H2,2-4H3. The van der Waals surface area contributed by atoms with Gasteiger partial charge in [-0.25, -0.2) is 16.8 Å². The highest BCUT2D eigenvalue weighted by Crippen LogP contribution is 2.22. The predicted molar refractivity (Wildman–Crippen MR) is 122 cm³/mol. The molecule has 0 unspecified atom stereocenters. The summed E-state index contributed by atoms with van der Waals surface area (Å²) in [4.78, 5) is 17.6. The van der Waals surface area contributed by atoms with Crippen LogP contribution < -0.4 is 4.80 Å². The van der Waals surface area contributed by atoms with E-state index in [1.165, 1.54) is 41.7 Å². The smallest absolute Gasteiger partial charge is 0.279 e. The highest BCUT2D eigenvalue weighted by Gasteiger charge is 2.20. The number of benzene rings is 2. The number of sulfone groups is 2. The van der Waals surface area contributed by atoms with Crippen molar-refractivity contribution in [2.24, 2.45) is 4.99 Å². The SMILES string of the molecule is C=CCn1c(=NC(=O)c2cccc(S(=O)(=O)C(C)C)c2)sc2cc(S(C)(=O)=O)ccc21. The molecule has 31 heavy (non-hydrogen) atoms. The number of aromatic nitrogens is 1. The number of hydrogen-bond acceptors (Lipinski definition) is 6. The van der Waals surface area contributed by atoms with E-state index in [1.807, 2.05) is 0 Å². The van der Waals surface area contributed by atoms with Crippen molar-refractivity contribution >= 4 is 47.1 Å². The molecule has 2 aromatic carbocycles. The molecular weight excluding hydrogens is 456 g/mol. The van der Waals surface area contributed by atoms with Crippen LogP contribution in [0.4, 0.5) is 0 Å². The van der Waals surface area contributed by atoms with Crippen molar-refractivity contribution in [3.8, 4) is 0 Å². The average Bonchev–Trinajstić information content (AvgIpc) is 3.04. The molecule has 10 heteroatoms. The summed E-state index contributed by atoms with van der Waals surface area (Å²) < 4.78 is 51.0. The summed E-state index contributed by atoms with van der Waals surface area (Å²) in [7, 11) is -6.91. The van der Waals surface area contributed by atoms with Crippen molar-refractivity contribution in [3.05, 3.63) is 65.5 Å². The molecule has 0 fully saturated rings. The molecule has 3 aromatic rings. The van der Waals surface area contributed by atoms with Gasteiger partial charge in [-0.05, 0) is 50.2 Å². The molecule has 0 spiro atoms. The maximum atomic E-state index is 12.8. The van der Waals surface area contributed by atoms with Crippen molar-refractivity contribution in [2.75, 3.05) is 6.26 Å². The molecular formula is C21H22N2O5S3. The highest BCUT2D eigenvalue weighted by molar-refractivity contribution is 7.92. The Hall–Kier alpha value is -2.56. The van der Waals surface area contributed by atoms with E-state index in [0.29, 0.717) is 16.0 Å². The summed E-state index contributed by atoms with van der Waals surface area (Å²) in [5.41, 5.74) is 0.876. The zero-order valence-corrected chi connectivity index (χ0v) is 19.7. The number of carbonyl (C=O) groups excluding carboxylic acids is 1. The minimum Gasteiger partial charge on any atom is -0.312 e. The van der Waals surface area contributed by atoms with Gasteiger partial charge < -0.3 is 4.57 Å². The normalized spacial score (nSPS) is 13.1. The first kappa shape index (κ1) is 23.1. The van der Waals surface area contributed by atoms with E-state index >= 15 is 0 Å². The second kappa shape index (κ2) is 8.52. The van der Waals surface area contributed by atoms with Crippen molar-refractivity contribution in [3.63, 3.8) is 0 Å². The minimum atomic E-state index is -3.53. The fraction of sp³-hybridized carbons (Fsp3) is 0.238. The lowest BCUT2D eigenvalue weighted by Gasteiger charge is -2.08. The first-order chi connectivity index (χ1) is 14.4. The molecule has 1 heterocycles. The maximum Gasteiger partial charge on any atom is 0.279 e. The molecule has 0 bridgehead atoms. The quantitative estimate of drug-likeness (QED) is 0.506. The molecule has 0 atom stereocenters. The lowest BCUT2D eigenvalue weighted by molar-refractivity contribution is 0.0997. The van der Waals surface area contributed by atoms with Gasteiger partial charge in [0.15, 0.2) is 24.5 Å². The number of nitrogens with zero attached hydrogens (tertiary/aromatic N) is 2. The Morgan fingerprint density at radius 1 is 1.13 bits per heavy atom. The van der Waals surface area contributed by atoms with Crippen molar-refractivity contribution in [2.45, 2.75) is 35.4 Å². The van der Waals surface area contributed by atoms with E-state index in [0.717, 1.165) is 11.8 Å². The molecule has 0 aliphatic rings. The first-order valence-electron chi connectivity index (χ1n) is 9.32. The third-order valence-corrected chi connectivity index (χ3v) is 8.92. The summed E-state index contributed by atoms with van der Waals surface area (Å²) >= 11 is 1.18. The number of rotatable bonds is 6. The Kier molecular flexibility index (Phi) is 6.35. The lowest BCUT2D eigenvalue weighted by Crippen LogP contribution is -2.17. The van der Waals surface area contributed by atoms with E-state index in [4.69, 9.17) is 0 Å². The van der Waals surface area contributed by atoms with E-state index in [1.54, 1.807) is 36.6 Å². The molecule has 0 N–H and O–H groups in total. The van der Waals surface area contributed by atoms with Gasteiger partial charge in [0.1, 0.15) is 0 Å². The van der Waals surface area contributed by atoms with E-state index in [2.05, 4.69) is 11.6 Å². The topological polar surface area (TPSA) is 103 Å². The first-order valence-corrected chi connectivity index (χ1v) is 13.6. The van der Waals surface area contributed by atoms with Gasteiger partial charge in [0.2, 0.25) is 0 Å². The van der Waals surface area contributed by atoms with E-state index < -0.39 is 30.8 Å². The van der Waals surface area contributed by atoms with Crippen LogP contribution >= 0.6 is 11.3 Å². The summed E-state index contributed by atoms with van der Waals surface area (Å²) in [6.07, 6.45) is 2.78. The van der Waals surface area contributed by atoms with Crippen LogP contribution in [-0.2, 0) is 26.2 Å². The van der Waals surface area contributed by atoms with Crippen LogP contribution in [-0.4, -0.2) is 38.8 Å². The Bertz CT molecular complexity index is 1460. The monoisotopic (exact) mass is 478 g/mol. The van der Waals surface area contributed by atoms with Crippen LogP contribution in [0.25, 0.3) is 10.2 Å². The molecule has 164 valence electrons. The van der Waals surface area contributed by atoms with Crippen molar-refractivity contribution in [1.29, 1.82) is 0 Å². The van der Waals surface area contributed by atoms with Crippen LogP contribution in [0, 0.1) is 0 Å². The number of allylic oxidation sites excluding steroid dienone is 1. The van der Waals surface area contributed by atoms with Gasteiger partial charge in [-0.2, -0.15) is 4.99 Å². The van der Waals surface area contributed by atoms with Gasteiger partial charge >= 0.3 is 0 Å². The van der Waals surface area contributed by atoms with E-state index in [-0.39, 0.29) is 15.4 Å². The molecule has 0 aliphatic carbocycles. The molecule has 1 aromatic heterocycles. The van der Waals surface area contributed by atoms with Gasteiger partial charge in [-0.3, -0.25) is 4.79 Å². The van der Waals surface area contributed by atoms with Crippen LogP contribution in [0.5, 0.6) is 0 Å². The number of hydrogen-bond donors (Lipinski definition) is 0. The second-order valence-electron chi connectivity index (χ2n) is 7.22. The number of thiazole rings is 1. The number of amides is 1. The van der Waals surface area contributed by atoms with Gasteiger partial charge in [-0.1, -0.05) is 23.5 Å². The Morgan fingerprint density at radius 3 is 2.45 bits per heavy atom. The average molecular weight is 479 g/mol. The largest absolute Gasteiger partial charge is 0.312 e. The molecule has 7 nitrogen and oxygen atoms in total. The minimum absolute atomic E-state index is 0.0663. The maximum absolute atomic E-state index is 12.8. The van der Waals surface area contributed by atoms with Gasteiger partial charge in [0.25, 0.3) is 5.91 Å². The molecule has 3 rings (SSSR count). The van der Waals surface area contributed by atoms with Crippen LogP contribution in [0.2, 0.25) is 0 Å². The Balaban J connectivity index is 2.15. The van der Waals surface area contributed by atoms with Crippen molar-refractivity contribution in [1.82, 2.24) is 4.57 Å². The number of carbonyl (C=O) groups is 1. The fourth-order valence-corrected chi connectivity index (χ4v) is 5.81. The molecule has 1 amide bonds. The van der Waals surface area contributed by atoms with Crippen LogP contribution in [0.1, 0.15) is 24.2 Å². The van der Waals surface area contributed by atoms with Crippen molar-refractivity contribution < 1.29 is 21.6 Å². The third-order valence-electron chi connectivity index (χ3n) is 4.62. The Morgan fingerprint density at radius 2 is 1.84 bits per heavy atom. The summed E-state index contributed by atoms with van der Waals surface area (Å²) in [6, 6.07) is 10.5. The van der Waals surface area contributed by atoms with E-state index in [9.17, 15) is 21.6 Å². The second-order valence-corrected chi connectivity index (χ2v) is 12.8. The summed E-state index contributed by atoms with van der Waals surface area (Å²) in [5.74, 6) is -0.589. The van der Waals surface area contributed by atoms with Crippen LogP contribution in [0.3, 0.4) is 0 Å². The molecule has 0 saturated heterocycles. The van der Waals surface area contributed by atoms with Gasteiger partial charge in [-0.15, -0.1) is 6.58 Å². The zero-order chi connectivity index (χ0) is 23.0. The molecule has 0 aliphatic heterocycles.